The van der Waals surface area contributed by atoms with Crippen molar-refractivity contribution < 1.29 is 19.1 Å². The second-order valence-corrected chi connectivity index (χ2v) is 7.03. The number of ether oxygens (including phenoxy) is 2. The smallest absolute Gasteiger partial charge is 0.343 e. The number of esters is 2. The Labute approximate surface area is 171 Å². The summed E-state index contributed by atoms with van der Waals surface area (Å²) in [6.45, 7) is 6.10. The van der Waals surface area contributed by atoms with E-state index in [4.69, 9.17) is 9.47 Å². The van der Waals surface area contributed by atoms with E-state index in [0.717, 1.165) is 11.1 Å². The van der Waals surface area contributed by atoms with Gasteiger partial charge in [-0.15, -0.1) is 0 Å². The standard InChI is InChI=1S/C25H24O4/c1-4-18-15-21(17(2)3)16-22(28-24(26)19-11-7-5-8-12-19)23(18)29-25(27)20-13-9-6-10-14-20/h5-17H,4H2,1-3H3. The molecule has 0 spiro atoms. The average Bonchev–Trinajstić information content (AvgIpc) is 2.75. The normalized spacial score (nSPS) is 10.6. The third-order valence-corrected chi connectivity index (χ3v) is 4.62. The first kappa shape index (κ1) is 20.3. The first-order valence-electron chi connectivity index (χ1n) is 9.70. The van der Waals surface area contributed by atoms with Crippen LogP contribution in [0.1, 0.15) is 58.5 Å². The molecular weight excluding hydrogens is 364 g/mol. The third-order valence-electron chi connectivity index (χ3n) is 4.62. The van der Waals surface area contributed by atoms with Crippen molar-refractivity contribution in [3.05, 3.63) is 95.1 Å². The lowest BCUT2D eigenvalue weighted by Gasteiger charge is -2.17. The summed E-state index contributed by atoms with van der Waals surface area (Å²) in [5.74, 6) is -0.213. The maximum atomic E-state index is 12.6. The molecule has 4 heteroatoms. The molecule has 0 bridgehead atoms. The fourth-order valence-corrected chi connectivity index (χ4v) is 2.93. The van der Waals surface area contributed by atoms with E-state index in [1.54, 1.807) is 54.6 Å². The molecule has 0 heterocycles. The van der Waals surface area contributed by atoms with E-state index in [1.165, 1.54) is 0 Å². The van der Waals surface area contributed by atoms with Crippen molar-refractivity contribution >= 4 is 11.9 Å². The number of rotatable bonds is 6. The minimum atomic E-state index is -0.495. The van der Waals surface area contributed by atoms with Gasteiger partial charge in [0.15, 0.2) is 11.5 Å². The van der Waals surface area contributed by atoms with Gasteiger partial charge in [-0.3, -0.25) is 0 Å². The molecule has 0 aliphatic carbocycles. The molecule has 148 valence electrons. The van der Waals surface area contributed by atoms with E-state index in [1.807, 2.05) is 25.1 Å². The Hall–Kier alpha value is -3.40. The van der Waals surface area contributed by atoms with Gasteiger partial charge in [-0.25, -0.2) is 9.59 Å². The molecule has 0 aliphatic rings. The van der Waals surface area contributed by atoms with Crippen molar-refractivity contribution in [3.8, 4) is 11.5 Å². The van der Waals surface area contributed by atoms with Gasteiger partial charge in [0.2, 0.25) is 0 Å². The SMILES string of the molecule is CCc1cc(C(C)C)cc(OC(=O)c2ccccc2)c1OC(=O)c1ccccc1. The minimum Gasteiger partial charge on any atom is -0.419 e. The highest BCUT2D eigenvalue weighted by atomic mass is 16.6. The molecule has 0 saturated heterocycles. The Morgan fingerprint density at radius 1 is 0.793 bits per heavy atom. The molecule has 3 aromatic rings. The summed E-state index contributed by atoms with van der Waals surface area (Å²) in [5.41, 5.74) is 2.69. The third kappa shape index (κ3) is 4.91. The monoisotopic (exact) mass is 388 g/mol. The number of hydrogen-bond donors (Lipinski definition) is 0. The van der Waals surface area contributed by atoms with Crippen molar-refractivity contribution in [2.24, 2.45) is 0 Å². The van der Waals surface area contributed by atoms with E-state index in [0.29, 0.717) is 17.5 Å². The van der Waals surface area contributed by atoms with Crippen LogP contribution in [-0.2, 0) is 6.42 Å². The quantitative estimate of drug-likeness (QED) is 0.395. The van der Waals surface area contributed by atoms with Gasteiger partial charge in [-0.05, 0) is 53.8 Å². The van der Waals surface area contributed by atoms with Crippen LogP contribution in [0.15, 0.2) is 72.8 Å². The molecule has 0 radical (unpaired) electrons. The van der Waals surface area contributed by atoms with Crippen LogP contribution in [0.2, 0.25) is 0 Å². The highest BCUT2D eigenvalue weighted by molar-refractivity contribution is 5.93. The molecule has 0 fully saturated rings. The van der Waals surface area contributed by atoms with Crippen molar-refractivity contribution in [1.29, 1.82) is 0 Å². The van der Waals surface area contributed by atoms with Gasteiger partial charge in [0.25, 0.3) is 0 Å². The van der Waals surface area contributed by atoms with Gasteiger partial charge < -0.3 is 9.47 Å². The molecule has 3 aromatic carbocycles. The van der Waals surface area contributed by atoms with Crippen LogP contribution in [-0.4, -0.2) is 11.9 Å². The van der Waals surface area contributed by atoms with Crippen LogP contribution in [0.5, 0.6) is 11.5 Å². The lowest BCUT2D eigenvalue weighted by Crippen LogP contribution is -2.14. The van der Waals surface area contributed by atoms with Gasteiger partial charge in [-0.1, -0.05) is 63.2 Å². The predicted molar refractivity (Wildman–Crippen MR) is 113 cm³/mol. The molecule has 3 rings (SSSR count). The molecule has 0 amide bonds. The van der Waals surface area contributed by atoms with E-state index in [9.17, 15) is 9.59 Å². The molecule has 0 unspecified atom stereocenters. The van der Waals surface area contributed by atoms with Crippen LogP contribution in [0, 0.1) is 0 Å². The molecule has 0 atom stereocenters. The first-order valence-corrected chi connectivity index (χ1v) is 9.70. The maximum absolute atomic E-state index is 12.6. The zero-order valence-corrected chi connectivity index (χ0v) is 16.8. The molecule has 0 aromatic heterocycles. The van der Waals surface area contributed by atoms with Crippen molar-refractivity contribution in [2.45, 2.75) is 33.1 Å². The topological polar surface area (TPSA) is 52.6 Å². The van der Waals surface area contributed by atoms with Crippen LogP contribution in [0.25, 0.3) is 0 Å². The second-order valence-electron chi connectivity index (χ2n) is 7.03. The lowest BCUT2D eigenvalue weighted by atomic mass is 9.98. The summed E-state index contributed by atoms with van der Waals surface area (Å²) in [4.78, 5) is 25.3. The Bertz CT molecular complexity index is 992. The van der Waals surface area contributed by atoms with E-state index >= 15 is 0 Å². The van der Waals surface area contributed by atoms with E-state index in [2.05, 4.69) is 13.8 Å². The zero-order valence-electron chi connectivity index (χ0n) is 16.8. The largest absolute Gasteiger partial charge is 0.419 e. The van der Waals surface area contributed by atoms with Gasteiger partial charge in [-0.2, -0.15) is 0 Å². The van der Waals surface area contributed by atoms with E-state index in [-0.39, 0.29) is 17.4 Å². The number of aryl methyl sites for hydroxylation is 1. The lowest BCUT2D eigenvalue weighted by molar-refractivity contribution is 0.0681. The molecule has 0 N–H and O–H groups in total. The number of hydrogen-bond acceptors (Lipinski definition) is 4. The Kier molecular flexibility index (Phi) is 6.45. The molecular formula is C25H24O4. The van der Waals surface area contributed by atoms with Crippen LogP contribution >= 0.6 is 0 Å². The van der Waals surface area contributed by atoms with Gasteiger partial charge in [0.1, 0.15) is 0 Å². The minimum absolute atomic E-state index is 0.230. The first-order chi connectivity index (χ1) is 14.0. The molecule has 29 heavy (non-hydrogen) atoms. The summed E-state index contributed by atoms with van der Waals surface area (Å²) < 4.78 is 11.4. The fourth-order valence-electron chi connectivity index (χ4n) is 2.93. The molecule has 4 nitrogen and oxygen atoms in total. The van der Waals surface area contributed by atoms with Crippen LogP contribution < -0.4 is 9.47 Å². The van der Waals surface area contributed by atoms with Gasteiger partial charge in [0.05, 0.1) is 11.1 Å². The highest BCUT2D eigenvalue weighted by Gasteiger charge is 2.21. The Morgan fingerprint density at radius 3 is 1.79 bits per heavy atom. The van der Waals surface area contributed by atoms with Crippen LogP contribution in [0.3, 0.4) is 0 Å². The number of carbonyl (C=O) groups is 2. The Morgan fingerprint density at radius 2 is 1.31 bits per heavy atom. The predicted octanol–water partition coefficient (Wildman–Crippen LogP) is 5.81. The van der Waals surface area contributed by atoms with Crippen LogP contribution in [0.4, 0.5) is 0 Å². The molecule has 0 aliphatic heterocycles. The average molecular weight is 388 g/mol. The van der Waals surface area contributed by atoms with Crippen molar-refractivity contribution in [1.82, 2.24) is 0 Å². The summed E-state index contributed by atoms with van der Waals surface area (Å²) in [7, 11) is 0. The zero-order chi connectivity index (χ0) is 20.8. The Balaban J connectivity index is 2.00. The number of carbonyl (C=O) groups excluding carboxylic acids is 2. The maximum Gasteiger partial charge on any atom is 0.343 e. The van der Waals surface area contributed by atoms with Gasteiger partial charge in [0, 0.05) is 0 Å². The number of benzene rings is 3. The second kappa shape index (κ2) is 9.20. The van der Waals surface area contributed by atoms with Gasteiger partial charge >= 0.3 is 11.9 Å². The summed E-state index contributed by atoms with van der Waals surface area (Å²) in [5, 5.41) is 0. The summed E-state index contributed by atoms with van der Waals surface area (Å²) in [6, 6.07) is 21.3. The van der Waals surface area contributed by atoms with E-state index < -0.39 is 11.9 Å². The van der Waals surface area contributed by atoms with Crippen molar-refractivity contribution in [2.75, 3.05) is 0 Å². The highest BCUT2D eigenvalue weighted by Crippen LogP contribution is 2.37. The fraction of sp³-hybridized carbons (Fsp3) is 0.200. The van der Waals surface area contributed by atoms with Crippen molar-refractivity contribution in [3.63, 3.8) is 0 Å². The summed E-state index contributed by atoms with van der Waals surface area (Å²) >= 11 is 0. The summed E-state index contributed by atoms with van der Waals surface area (Å²) in [6.07, 6.45) is 0.633. The molecule has 0 saturated carbocycles.